The smallest absolute Gasteiger partial charge is 0.399 e. The summed E-state index contributed by atoms with van der Waals surface area (Å²) in [6.07, 6.45) is -4.60. The fraction of sp³-hybridized carbons (Fsp3) is 0.350. The van der Waals surface area contributed by atoms with Crippen molar-refractivity contribution in [1.82, 2.24) is 0 Å². The van der Waals surface area contributed by atoms with E-state index in [1.165, 1.54) is 12.1 Å². The molecule has 0 aromatic heterocycles. The highest BCUT2D eigenvalue weighted by molar-refractivity contribution is 6.62. The van der Waals surface area contributed by atoms with E-state index in [0.29, 0.717) is 11.5 Å². The third kappa shape index (κ3) is 4.97. The maximum atomic E-state index is 14.6. The van der Waals surface area contributed by atoms with E-state index in [9.17, 15) is 22.4 Å². The summed E-state index contributed by atoms with van der Waals surface area (Å²) in [6.45, 7) is 7.45. The van der Waals surface area contributed by atoms with Crippen LogP contribution in [0.1, 0.15) is 33.3 Å². The van der Waals surface area contributed by atoms with Crippen molar-refractivity contribution in [2.75, 3.05) is 10.6 Å². The van der Waals surface area contributed by atoms with Crippen LogP contribution in [0.4, 0.5) is 33.7 Å². The number of halogens is 5. The molecule has 0 bridgehead atoms. The van der Waals surface area contributed by atoms with E-state index in [2.05, 4.69) is 10.6 Å². The van der Waals surface area contributed by atoms with E-state index < -0.39 is 41.9 Å². The molecule has 2 aromatic carbocycles. The van der Waals surface area contributed by atoms with Crippen LogP contribution in [0.25, 0.3) is 0 Å². The van der Waals surface area contributed by atoms with Crippen molar-refractivity contribution in [2.45, 2.75) is 45.1 Å². The summed E-state index contributed by atoms with van der Waals surface area (Å²) < 4.78 is 64.9. The van der Waals surface area contributed by atoms with Crippen molar-refractivity contribution in [1.29, 1.82) is 0 Å². The monoisotopic (exact) mass is 458 g/mol. The van der Waals surface area contributed by atoms with E-state index in [4.69, 9.17) is 20.9 Å². The van der Waals surface area contributed by atoms with Crippen molar-refractivity contribution in [2.24, 2.45) is 0 Å². The van der Waals surface area contributed by atoms with Crippen LogP contribution in [-0.2, 0) is 15.5 Å². The van der Waals surface area contributed by atoms with Gasteiger partial charge in [0.2, 0.25) is 0 Å². The van der Waals surface area contributed by atoms with Gasteiger partial charge in [0.15, 0.2) is 0 Å². The molecular formula is C20H20BClF4N2O3. The fourth-order valence-electron chi connectivity index (χ4n) is 2.83. The zero-order valence-electron chi connectivity index (χ0n) is 17.2. The van der Waals surface area contributed by atoms with Crippen LogP contribution in [0.3, 0.4) is 0 Å². The molecule has 2 N–H and O–H groups in total. The summed E-state index contributed by atoms with van der Waals surface area (Å²) in [5, 5.41) is 4.34. The van der Waals surface area contributed by atoms with Gasteiger partial charge in [-0.3, -0.25) is 0 Å². The van der Waals surface area contributed by atoms with E-state index >= 15 is 0 Å². The van der Waals surface area contributed by atoms with Gasteiger partial charge in [0.25, 0.3) is 0 Å². The Morgan fingerprint density at radius 1 is 0.968 bits per heavy atom. The van der Waals surface area contributed by atoms with Crippen molar-refractivity contribution in [3.8, 4) is 0 Å². The molecule has 0 radical (unpaired) electrons. The Morgan fingerprint density at radius 2 is 1.55 bits per heavy atom. The van der Waals surface area contributed by atoms with Crippen LogP contribution in [0.2, 0.25) is 5.02 Å². The molecule has 0 spiro atoms. The predicted octanol–water partition coefficient (Wildman–Crippen LogP) is 5.44. The minimum Gasteiger partial charge on any atom is -0.399 e. The van der Waals surface area contributed by atoms with Gasteiger partial charge in [-0.15, -0.1) is 0 Å². The largest absolute Gasteiger partial charge is 0.494 e. The van der Waals surface area contributed by atoms with Crippen molar-refractivity contribution < 1.29 is 31.7 Å². The van der Waals surface area contributed by atoms with Gasteiger partial charge in [-0.2, -0.15) is 13.2 Å². The molecule has 0 aliphatic carbocycles. The lowest BCUT2D eigenvalue weighted by Crippen LogP contribution is -2.41. The van der Waals surface area contributed by atoms with E-state index in [0.717, 1.165) is 18.2 Å². The summed E-state index contributed by atoms with van der Waals surface area (Å²) >= 11 is 5.85. The molecule has 1 aliphatic heterocycles. The van der Waals surface area contributed by atoms with Crippen LogP contribution in [0, 0.1) is 5.82 Å². The lowest BCUT2D eigenvalue weighted by molar-refractivity contribution is -0.137. The van der Waals surface area contributed by atoms with Gasteiger partial charge in [-0.1, -0.05) is 17.7 Å². The molecule has 11 heteroatoms. The highest BCUT2D eigenvalue weighted by Crippen LogP contribution is 2.37. The number of carbonyl (C=O) groups is 1. The molecule has 5 nitrogen and oxygen atoms in total. The third-order valence-electron chi connectivity index (χ3n) is 5.31. The first-order chi connectivity index (χ1) is 14.2. The van der Waals surface area contributed by atoms with Gasteiger partial charge in [0.1, 0.15) is 5.82 Å². The van der Waals surface area contributed by atoms with Crippen molar-refractivity contribution in [3.63, 3.8) is 0 Å². The van der Waals surface area contributed by atoms with Crippen LogP contribution in [-0.4, -0.2) is 24.4 Å². The highest BCUT2D eigenvalue weighted by Gasteiger charge is 2.51. The molecule has 0 unspecified atom stereocenters. The van der Waals surface area contributed by atoms with E-state index in [1.54, 1.807) is 0 Å². The number of nitrogens with one attached hydrogen (secondary N) is 2. The lowest BCUT2D eigenvalue weighted by Gasteiger charge is -2.32. The van der Waals surface area contributed by atoms with Gasteiger partial charge in [0.05, 0.1) is 33.2 Å². The first-order valence-electron chi connectivity index (χ1n) is 9.29. The maximum Gasteiger partial charge on any atom is 0.494 e. The number of hydrogen-bond acceptors (Lipinski definition) is 3. The zero-order chi connectivity index (χ0) is 23.2. The molecule has 0 saturated carbocycles. The zero-order valence-corrected chi connectivity index (χ0v) is 17.9. The Hall–Kier alpha value is -2.30. The summed E-state index contributed by atoms with van der Waals surface area (Å²) in [5.41, 5.74) is -2.21. The Bertz CT molecular complexity index is 998. The Balaban J connectivity index is 1.72. The number of carbonyl (C=O) groups excluding carboxylic acids is 1. The second-order valence-corrected chi connectivity index (χ2v) is 8.51. The number of amides is 2. The molecule has 166 valence electrons. The quantitative estimate of drug-likeness (QED) is 0.476. The summed E-state index contributed by atoms with van der Waals surface area (Å²) in [7, 11) is -0.786. The maximum absolute atomic E-state index is 14.6. The summed E-state index contributed by atoms with van der Waals surface area (Å²) in [6, 6.07) is 5.54. The van der Waals surface area contributed by atoms with Gasteiger partial charge < -0.3 is 19.9 Å². The van der Waals surface area contributed by atoms with Crippen LogP contribution in [0.5, 0.6) is 0 Å². The second-order valence-electron chi connectivity index (χ2n) is 8.10. The third-order valence-corrected chi connectivity index (χ3v) is 5.64. The number of urea groups is 1. The predicted molar refractivity (Wildman–Crippen MR) is 111 cm³/mol. The van der Waals surface area contributed by atoms with E-state index in [1.807, 2.05) is 27.7 Å². The minimum atomic E-state index is -4.60. The molecule has 2 amide bonds. The number of benzene rings is 2. The SMILES string of the molecule is CC1(C)OB(c2ccc(NC(=O)Nc3cc(C(F)(F)F)ccc3Cl)c(F)c2)OC1(C)C. The Kier molecular flexibility index (Phi) is 6.03. The lowest BCUT2D eigenvalue weighted by atomic mass is 9.79. The average molecular weight is 459 g/mol. The van der Waals surface area contributed by atoms with Gasteiger partial charge in [0, 0.05) is 0 Å². The second kappa shape index (κ2) is 8.00. The van der Waals surface area contributed by atoms with Crippen molar-refractivity contribution in [3.05, 3.63) is 52.8 Å². The van der Waals surface area contributed by atoms with Gasteiger partial charge >= 0.3 is 19.3 Å². The average Bonchev–Trinajstić information content (AvgIpc) is 2.85. The Labute approximate surface area is 182 Å². The number of alkyl halides is 3. The molecule has 2 aromatic rings. The Morgan fingerprint density at radius 3 is 2.10 bits per heavy atom. The molecule has 3 rings (SSSR count). The van der Waals surface area contributed by atoms with Crippen LogP contribution in [0.15, 0.2) is 36.4 Å². The fourth-order valence-corrected chi connectivity index (χ4v) is 3.00. The highest BCUT2D eigenvalue weighted by atomic mass is 35.5. The van der Waals surface area contributed by atoms with Crippen LogP contribution < -0.4 is 16.1 Å². The van der Waals surface area contributed by atoms with Gasteiger partial charge in [-0.25, -0.2) is 9.18 Å². The normalized spacial score (nSPS) is 17.5. The molecule has 1 fully saturated rings. The summed E-state index contributed by atoms with van der Waals surface area (Å²) in [4.78, 5) is 12.2. The molecule has 0 atom stereocenters. The molecule has 31 heavy (non-hydrogen) atoms. The first kappa shape index (κ1) is 23.4. The molecular weight excluding hydrogens is 438 g/mol. The molecule has 1 saturated heterocycles. The first-order valence-corrected chi connectivity index (χ1v) is 9.67. The minimum absolute atomic E-state index is 0.0975. The number of rotatable bonds is 3. The topological polar surface area (TPSA) is 59.6 Å². The number of anilines is 2. The van der Waals surface area contributed by atoms with E-state index in [-0.39, 0.29) is 16.4 Å². The van der Waals surface area contributed by atoms with Crippen LogP contribution >= 0.6 is 11.6 Å². The summed E-state index contributed by atoms with van der Waals surface area (Å²) in [5.74, 6) is -0.766. The molecule has 1 heterocycles. The van der Waals surface area contributed by atoms with Gasteiger partial charge in [-0.05, 0) is 63.5 Å². The standard InChI is InChI=1S/C20H20BClF4N2O3/c1-18(2)19(3,4)31-21(30-18)12-6-8-15(14(23)10-12)27-17(29)28-16-9-11(20(24,25)26)5-7-13(16)22/h5-10H,1-4H3,(H2,27,28,29). The number of hydrogen-bond donors (Lipinski definition) is 2. The van der Waals surface area contributed by atoms with Crippen molar-refractivity contribution >= 4 is 41.6 Å². The molecule has 1 aliphatic rings.